The van der Waals surface area contributed by atoms with Crippen LogP contribution in [0.15, 0.2) is 17.5 Å². The van der Waals surface area contributed by atoms with Crippen molar-refractivity contribution in [3.8, 4) is 0 Å². The first-order chi connectivity index (χ1) is 9.90. The molecule has 1 amide bonds. The summed E-state index contributed by atoms with van der Waals surface area (Å²) in [5.41, 5.74) is 5.89. The van der Waals surface area contributed by atoms with E-state index in [1.807, 2.05) is 38.3 Å². The predicted octanol–water partition coefficient (Wildman–Crippen LogP) is 3.44. The maximum absolute atomic E-state index is 12.6. The molecule has 3 N–H and O–H groups in total. The highest BCUT2D eigenvalue weighted by molar-refractivity contribution is 7.18. The summed E-state index contributed by atoms with van der Waals surface area (Å²) in [6.07, 6.45) is 0. The van der Waals surface area contributed by atoms with Crippen molar-refractivity contribution < 1.29 is 4.79 Å². The standard InChI is InChI=1S/C14H20N4OS2/c1-8(2)16-14-17-12(15)11(21-14)13(19)18(4)9(3)10-6-5-7-20-10/h5-9H,15H2,1-4H3,(H,16,17). The monoisotopic (exact) mass is 324 g/mol. The summed E-state index contributed by atoms with van der Waals surface area (Å²) in [4.78, 5) is 20.2. The van der Waals surface area contributed by atoms with E-state index >= 15 is 0 Å². The molecular formula is C14H20N4OS2. The van der Waals surface area contributed by atoms with Gasteiger partial charge in [0.25, 0.3) is 5.91 Å². The SMILES string of the molecule is CC(C)Nc1nc(N)c(C(=O)N(C)C(C)c2cccs2)s1. The van der Waals surface area contributed by atoms with Crippen LogP contribution in [0.2, 0.25) is 0 Å². The number of nitrogen functional groups attached to an aromatic ring is 1. The number of hydrogen-bond acceptors (Lipinski definition) is 6. The second-order valence-corrected chi connectivity index (χ2v) is 7.12. The Bertz CT molecular complexity index is 607. The largest absolute Gasteiger partial charge is 0.382 e. The molecule has 0 radical (unpaired) electrons. The number of nitrogens with two attached hydrogens (primary N) is 1. The first-order valence-electron chi connectivity index (χ1n) is 6.73. The van der Waals surface area contributed by atoms with Crippen molar-refractivity contribution >= 4 is 39.5 Å². The van der Waals surface area contributed by atoms with Crippen LogP contribution in [0.1, 0.15) is 41.4 Å². The van der Waals surface area contributed by atoms with E-state index in [0.29, 0.717) is 15.8 Å². The number of amides is 1. The third-order valence-electron chi connectivity index (χ3n) is 3.12. The molecule has 0 saturated heterocycles. The highest BCUT2D eigenvalue weighted by atomic mass is 32.1. The number of carbonyl (C=O) groups excluding carboxylic acids is 1. The normalized spacial score (nSPS) is 12.4. The third kappa shape index (κ3) is 3.54. The predicted molar refractivity (Wildman–Crippen MR) is 90.1 cm³/mol. The van der Waals surface area contributed by atoms with Crippen LogP contribution in [0, 0.1) is 0 Å². The van der Waals surface area contributed by atoms with Crippen LogP contribution in [0.25, 0.3) is 0 Å². The van der Waals surface area contributed by atoms with Gasteiger partial charge in [0.05, 0.1) is 6.04 Å². The van der Waals surface area contributed by atoms with Gasteiger partial charge in [0.2, 0.25) is 0 Å². The van der Waals surface area contributed by atoms with E-state index in [1.54, 1.807) is 23.3 Å². The van der Waals surface area contributed by atoms with Crippen LogP contribution in [0.4, 0.5) is 10.9 Å². The fourth-order valence-electron chi connectivity index (χ4n) is 1.85. The lowest BCUT2D eigenvalue weighted by atomic mass is 10.2. The minimum Gasteiger partial charge on any atom is -0.382 e. The number of nitrogens with zero attached hydrogens (tertiary/aromatic N) is 2. The highest BCUT2D eigenvalue weighted by Crippen LogP contribution is 2.30. The molecule has 2 aromatic rings. The molecule has 7 heteroatoms. The van der Waals surface area contributed by atoms with Gasteiger partial charge in [0, 0.05) is 18.0 Å². The Morgan fingerprint density at radius 2 is 2.14 bits per heavy atom. The van der Waals surface area contributed by atoms with Crippen LogP contribution in [0.5, 0.6) is 0 Å². The molecule has 0 saturated carbocycles. The summed E-state index contributed by atoms with van der Waals surface area (Å²) in [7, 11) is 1.79. The average Bonchev–Trinajstić information content (AvgIpc) is 3.05. The number of thiazole rings is 1. The molecule has 0 aliphatic rings. The van der Waals surface area contributed by atoms with Gasteiger partial charge in [-0.05, 0) is 32.2 Å². The Morgan fingerprint density at radius 3 is 2.71 bits per heavy atom. The van der Waals surface area contributed by atoms with E-state index in [1.165, 1.54) is 11.3 Å². The van der Waals surface area contributed by atoms with Crippen LogP contribution < -0.4 is 11.1 Å². The Morgan fingerprint density at radius 1 is 1.43 bits per heavy atom. The first-order valence-corrected chi connectivity index (χ1v) is 8.43. The van der Waals surface area contributed by atoms with Crippen LogP contribution in [0.3, 0.4) is 0 Å². The van der Waals surface area contributed by atoms with E-state index in [-0.39, 0.29) is 18.0 Å². The zero-order valence-electron chi connectivity index (χ0n) is 12.6. The lowest BCUT2D eigenvalue weighted by molar-refractivity contribution is 0.0750. The van der Waals surface area contributed by atoms with E-state index in [4.69, 9.17) is 5.73 Å². The number of nitrogens with one attached hydrogen (secondary N) is 1. The number of aromatic nitrogens is 1. The summed E-state index contributed by atoms with van der Waals surface area (Å²) in [5.74, 6) is 0.195. The smallest absolute Gasteiger partial charge is 0.268 e. The lowest BCUT2D eigenvalue weighted by Crippen LogP contribution is -2.29. The van der Waals surface area contributed by atoms with Crippen molar-refractivity contribution in [3.05, 3.63) is 27.3 Å². The van der Waals surface area contributed by atoms with E-state index in [2.05, 4.69) is 10.3 Å². The minimum absolute atomic E-state index is 0.0144. The summed E-state index contributed by atoms with van der Waals surface area (Å²) < 4.78 is 0. The maximum Gasteiger partial charge on any atom is 0.268 e. The molecule has 2 heterocycles. The summed E-state index contributed by atoms with van der Waals surface area (Å²) in [6, 6.07) is 4.28. The van der Waals surface area contributed by atoms with Crippen LogP contribution in [-0.2, 0) is 0 Å². The molecule has 5 nitrogen and oxygen atoms in total. The Hall–Kier alpha value is -1.60. The van der Waals surface area contributed by atoms with Gasteiger partial charge in [-0.25, -0.2) is 4.98 Å². The van der Waals surface area contributed by atoms with Gasteiger partial charge in [-0.2, -0.15) is 0 Å². The molecular weight excluding hydrogens is 304 g/mol. The molecule has 1 unspecified atom stereocenters. The van der Waals surface area contributed by atoms with Crippen molar-refractivity contribution in [3.63, 3.8) is 0 Å². The minimum atomic E-state index is -0.0947. The Labute approximate surface area is 132 Å². The van der Waals surface area contributed by atoms with E-state index in [9.17, 15) is 4.79 Å². The molecule has 0 aromatic carbocycles. The molecule has 1 atom stereocenters. The summed E-state index contributed by atoms with van der Waals surface area (Å²) >= 11 is 2.94. The molecule has 0 bridgehead atoms. The van der Waals surface area contributed by atoms with Crippen molar-refractivity contribution in [1.82, 2.24) is 9.88 Å². The van der Waals surface area contributed by atoms with E-state index in [0.717, 1.165) is 4.88 Å². The number of rotatable bonds is 5. The van der Waals surface area contributed by atoms with Gasteiger partial charge in [-0.1, -0.05) is 17.4 Å². The quantitative estimate of drug-likeness (QED) is 0.884. The second-order valence-electron chi connectivity index (χ2n) is 5.14. The zero-order valence-corrected chi connectivity index (χ0v) is 14.2. The van der Waals surface area contributed by atoms with Gasteiger partial charge in [-0.15, -0.1) is 11.3 Å². The molecule has 2 aromatic heterocycles. The van der Waals surface area contributed by atoms with Crippen molar-refractivity contribution in [1.29, 1.82) is 0 Å². The average molecular weight is 324 g/mol. The van der Waals surface area contributed by atoms with Crippen LogP contribution in [-0.4, -0.2) is 28.9 Å². The number of anilines is 2. The van der Waals surface area contributed by atoms with Gasteiger partial charge < -0.3 is 16.0 Å². The van der Waals surface area contributed by atoms with Gasteiger partial charge in [0.1, 0.15) is 10.7 Å². The molecule has 2 rings (SSSR count). The van der Waals surface area contributed by atoms with Gasteiger partial charge >= 0.3 is 0 Å². The van der Waals surface area contributed by atoms with E-state index < -0.39 is 0 Å². The summed E-state index contributed by atoms with van der Waals surface area (Å²) in [6.45, 7) is 6.04. The van der Waals surface area contributed by atoms with Gasteiger partial charge in [-0.3, -0.25) is 4.79 Å². The van der Waals surface area contributed by atoms with Crippen molar-refractivity contribution in [2.45, 2.75) is 32.9 Å². The first kappa shape index (κ1) is 15.8. The lowest BCUT2D eigenvalue weighted by Gasteiger charge is -2.23. The topological polar surface area (TPSA) is 71.2 Å². The molecule has 0 fully saturated rings. The zero-order chi connectivity index (χ0) is 15.6. The molecule has 114 valence electrons. The molecule has 0 aliphatic carbocycles. The van der Waals surface area contributed by atoms with Gasteiger partial charge in [0.15, 0.2) is 5.13 Å². The van der Waals surface area contributed by atoms with Crippen LogP contribution >= 0.6 is 22.7 Å². The number of hydrogen-bond donors (Lipinski definition) is 2. The van der Waals surface area contributed by atoms with Crippen molar-refractivity contribution in [2.75, 3.05) is 18.1 Å². The molecule has 21 heavy (non-hydrogen) atoms. The molecule has 0 spiro atoms. The maximum atomic E-state index is 12.6. The third-order valence-corrected chi connectivity index (χ3v) is 5.15. The Kier molecular flexibility index (Phi) is 4.84. The fraction of sp³-hybridized carbons (Fsp3) is 0.429. The molecule has 0 aliphatic heterocycles. The highest BCUT2D eigenvalue weighted by Gasteiger charge is 2.24. The number of thiophene rings is 1. The summed E-state index contributed by atoms with van der Waals surface area (Å²) in [5, 5.41) is 5.87. The second kappa shape index (κ2) is 6.44. The Balaban J connectivity index is 2.17. The number of carbonyl (C=O) groups is 1. The fourth-order valence-corrected chi connectivity index (χ4v) is 3.69. The van der Waals surface area contributed by atoms with Crippen molar-refractivity contribution in [2.24, 2.45) is 0 Å².